The number of methoxy groups -OCH3 is 3. The van der Waals surface area contributed by atoms with Crippen molar-refractivity contribution < 1.29 is 14.2 Å². The number of benzene rings is 2. The van der Waals surface area contributed by atoms with Crippen LogP contribution >= 0.6 is 11.6 Å². The minimum absolute atomic E-state index is 0.319. The van der Waals surface area contributed by atoms with Gasteiger partial charge in [0.15, 0.2) is 16.7 Å². The number of ether oxygens (including phenoxy) is 3. The van der Waals surface area contributed by atoms with Crippen LogP contribution in [0.4, 0.5) is 11.6 Å². The lowest BCUT2D eigenvalue weighted by atomic mass is 10.2. The van der Waals surface area contributed by atoms with Crippen LogP contribution in [0.25, 0.3) is 16.9 Å². The molecule has 4 rings (SSSR count). The molecule has 0 atom stereocenters. The van der Waals surface area contributed by atoms with Crippen LogP contribution in [0.5, 0.6) is 17.2 Å². The lowest BCUT2D eigenvalue weighted by Gasteiger charge is -2.14. The Hall–Kier alpha value is -3.59. The van der Waals surface area contributed by atoms with Gasteiger partial charge < -0.3 is 19.5 Å². The zero-order chi connectivity index (χ0) is 20.4. The summed E-state index contributed by atoms with van der Waals surface area (Å²) in [6.45, 7) is 0. The van der Waals surface area contributed by atoms with Gasteiger partial charge in [0.2, 0.25) is 11.7 Å². The third-order valence-corrected chi connectivity index (χ3v) is 4.49. The van der Waals surface area contributed by atoms with E-state index in [-0.39, 0.29) is 0 Å². The molecule has 148 valence electrons. The van der Waals surface area contributed by atoms with Gasteiger partial charge in [-0.3, -0.25) is 0 Å². The minimum Gasteiger partial charge on any atom is -0.493 e. The Morgan fingerprint density at radius 2 is 1.69 bits per heavy atom. The number of nitrogens with zero attached hydrogens (tertiary/aromatic N) is 5. The first-order chi connectivity index (χ1) is 14.1. The van der Waals surface area contributed by atoms with Gasteiger partial charge in [0.05, 0.1) is 26.8 Å². The second kappa shape index (κ2) is 7.80. The third kappa shape index (κ3) is 3.47. The topological polar surface area (TPSA) is 96.2 Å². The van der Waals surface area contributed by atoms with Crippen molar-refractivity contribution in [3.05, 3.63) is 47.9 Å². The molecule has 2 heterocycles. The highest BCUT2D eigenvalue weighted by Crippen LogP contribution is 2.40. The SMILES string of the molecule is COc1cc(Nc2ncnc(-n3nc(Cl)c4ccccc43)n2)cc(OC)c1OC. The second-order valence-corrected chi connectivity index (χ2v) is 6.23. The summed E-state index contributed by atoms with van der Waals surface area (Å²) in [5.74, 6) is 2.16. The van der Waals surface area contributed by atoms with E-state index in [0.29, 0.717) is 40.0 Å². The van der Waals surface area contributed by atoms with Gasteiger partial charge in [0.1, 0.15) is 6.33 Å². The predicted octanol–water partition coefficient (Wildman–Crippen LogP) is 3.63. The van der Waals surface area contributed by atoms with Crippen LogP contribution in [0.1, 0.15) is 0 Å². The Morgan fingerprint density at radius 1 is 0.966 bits per heavy atom. The predicted molar refractivity (Wildman–Crippen MR) is 109 cm³/mol. The van der Waals surface area contributed by atoms with E-state index in [1.807, 2.05) is 24.3 Å². The van der Waals surface area contributed by atoms with Gasteiger partial charge >= 0.3 is 0 Å². The van der Waals surface area contributed by atoms with E-state index < -0.39 is 0 Å². The zero-order valence-electron chi connectivity index (χ0n) is 15.9. The fourth-order valence-corrected chi connectivity index (χ4v) is 3.15. The lowest BCUT2D eigenvalue weighted by Crippen LogP contribution is -2.07. The van der Waals surface area contributed by atoms with Crippen molar-refractivity contribution in [1.82, 2.24) is 24.7 Å². The van der Waals surface area contributed by atoms with Gasteiger partial charge in [-0.05, 0) is 12.1 Å². The molecule has 9 nitrogen and oxygen atoms in total. The van der Waals surface area contributed by atoms with Gasteiger partial charge in [-0.1, -0.05) is 23.7 Å². The standard InChI is InChI=1S/C19H17ClN6O3/c1-27-14-8-11(9-15(28-2)16(14)29-3)23-18-21-10-22-19(24-18)26-13-7-5-4-6-12(13)17(20)25-26/h4-10H,1-3H3,(H,21,22,23,24). The first-order valence-electron chi connectivity index (χ1n) is 8.54. The van der Waals surface area contributed by atoms with E-state index in [9.17, 15) is 0 Å². The molecule has 0 radical (unpaired) electrons. The third-order valence-electron chi connectivity index (χ3n) is 4.21. The largest absolute Gasteiger partial charge is 0.493 e. The van der Waals surface area contributed by atoms with Crippen molar-refractivity contribution in [3.63, 3.8) is 0 Å². The summed E-state index contributed by atoms with van der Waals surface area (Å²) in [4.78, 5) is 12.9. The molecular weight excluding hydrogens is 396 g/mol. The lowest BCUT2D eigenvalue weighted by molar-refractivity contribution is 0.324. The minimum atomic E-state index is 0.319. The molecule has 2 aromatic heterocycles. The molecule has 4 aromatic rings. The molecule has 0 saturated carbocycles. The van der Waals surface area contributed by atoms with Crippen LogP contribution in [0.2, 0.25) is 5.15 Å². The second-order valence-electron chi connectivity index (χ2n) is 5.87. The molecule has 0 fully saturated rings. The van der Waals surface area contributed by atoms with Crippen molar-refractivity contribution in [2.75, 3.05) is 26.6 Å². The maximum Gasteiger partial charge on any atom is 0.255 e. The Morgan fingerprint density at radius 3 is 2.38 bits per heavy atom. The monoisotopic (exact) mass is 412 g/mol. The molecule has 0 saturated heterocycles. The number of anilines is 2. The summed E-state index contributed by atoms with van der Waals surface area (Å²) in [7, 11) is 4.65. The molecule has 0 spiro atoms. The Labute approximate surface area is 171 Å². The van der Waals surface area contributed by atoms with Crippen molar-refractivity contribution in [1.29, 1.82) is 0 Å². The van der Waals surface area contributed by atoms with E-state index >= 15 is 0 Å². The molecule has 0 aliphatic carbocycles. The fourth-order valence-electron chi connectivity index (χ4n) is 2.91. The van der Waals surface area contributed by atoms with Crippen LogP contribution < -0.4 is 19.5 Å². The van der Waals surface area contributed by atoms with Crippen LogP contribution in [0, 0.1) is 0 Å². The Bertz CT molecular complexity index is 1150. The van der Waals surface area contributed by atoms with Crippen LogP contribution in [0.3, 0.4) is 0 Å². The van der Waals surface area contributed by atoms with Crippen molar-refractivity contribution in [2.45, 2.75) is 0 Å². The molecule has 10 heteroatoms. The number of halogens is 1. The van der Waals surface area contributed by atoms with Crippen molar-refractivity contribution in [3.8, 4) is 23.2 Å². The Balaban J connectivity index is 1.72. The van der Waals surface area contributed by atoms with Gasteiger partial charge in [-0.2, -0.15) is 19.7 Å². The fraction of sp³-hybridized carbons (Fsp3) is 0.158. The molecule has 0 unspecified atom stereocenters. The summed E-state index contributed by atoms with van der Waals surface area (Å²) in [6.07, 6.45) is 1.40. The number of aromatic nitrogens is 5. The van der Waals surface area contributed by atoms with E-state index in [1.54, 1.807) is 38.1 Å². The number of hydrogen-bond acceptors (Lipinski definition) is 8. The van der Waals surface area contributed by atoms with Crippen LogP contribution in [-0.2, 0) is 0 Å². The van der Waals surface area contributed by atoms with E-state index in [1.165, 1.54) is 6.33 Å². The maximum atomic E-state index is 6.23. The molecule has 0 aliphatic rings. The highest BCUT2D eigenvalue weighted by atomic mass is 35.5. The molecule has 29 heavy (non-hydrogen) atoms. The first-order valence-corrected chi connectivity index (χ1v) is 8.92. The summed E-state index contributed by atoms with van der Waals surface area (Å²) in [5.41, 5.74) is 1.45. The number of fused-ring (bicyclic) bond motifs is 1. The number of rotatable bonds is 6. The number of hydrogen-bond donors (Lipinski definition) is 1. The van der Waals surface area contributed by atoms with E-state index in [0.717, 1.165) is 10.9 Å². The van der Waals surface area contributed by atoms with Crippen molar-refractivity contribution in [2.24, 2.45) is 0 Å². The number of nitrogens with one attached hydrogen (secondary N) is 1. The summed E-state index contributed by atoms with van der Waals surface area (Å²) >= 11 is 6.23. The summed E-state index contributed by atoms with van der Waals surface area (Å²) in [5, 5.41) is 8.64. The van der Waals surface area contributed by atoms with Crippen molar-refractivity contribution >= 4 is 34.1 Å². The van der Waals surface area contributed by atoms with E-state index in [2.05, 4.69) is 25.4 Å². The van der Waals surface area contributed by atoms with Gasteiger partial charge in [-0.25, -0.2) is 4.98 Å². The maximum absolute atomic E-state index is 6.23. The molecule has 2 aromatic carbocycles. The average molecular weight is 413 g/mol. The van der Waals surface area contributed by atoms with Gasteiger partial charge in [-0.15, -0.1) is 0 Å². The molecule has 1 N–H and O–H groups in total. The summed E-state index contributed by atoms with van der Waals surface area (Å²) in [6, 6.07) is 11.1. The average Bonchev–Trinajstić information content (AvgIpc) is 3.10. The van der Waals surface area contributed by atoms with E-state index in [4.69, 9.17) is 25.8 Å². The Kier molecular flexibility index (Phi) is 5.05. The summed E-state index contributed by atoms with van der Waals surface area (Å²) < 4.78 is 17.7. The molecule has 0 bridgehead atoms. The normalized spacial score (nSPS) is 10.8. The van der Waals surface area contributed by atoms with Crippen LogP contribution in [-0.4, -0.2) is 46.1 Å². The van der Waals surface area contributed by atoms with Gasteiger partial charge in [0.25, 0.3) is 5.95 Å². The molecule has 0 amide bonds. The smallest absolute Gasteiger partial charge is 0.255 e. The number of para-hydroxylation sites is 1. The molecular formula is C19H17ClN6O3. The first kappa shape index (κ1) is 18.8. The van der Waals surface area contributed by atoms with Crippen LogP contribution in [0.15, 0.2) is 42.7 Å². The quantitative estimate of drug-likeness (QED) is 0.512. The molecule has 0 aliphatic heterocycles. The highest BCUT2D eigenvalue weighted by molar-refractivity contribution is 6.34. The zero-order valence-corrected chi connectivity index (χ0v) is 16.6. The highest BCUT2D eigenvalue weighted by Gasteiger charge is 2.15. The van der Waals surface area contributed by atoms with Gasteiger partial charge in [0, 0.05) is 23.2 Å².